The normalized spacial score (nSPS) is 9.04. The van der Waals surface area contributed by atoms with Crippen LogP contribution in [0.2, 0.25) is 0 Å². The number of amides is 1. The van der Waals surface area contributed by atoms with Crippen LogP contribution in [0.3, 0.4) is 0 Å². The van der Waals surface area contributed by atoms with Crippen LogP contribution in [0.4, 0.5) is 4.79 Å². The Hall–Kier alpha value is -1.59. The van der Waals surface area contributed by atoms with Crippen molar-refractivity contribution in [3.63, 3.8) is 0 Å². The zero-order valence-electron chi connectivity index (χ0n) is 16.7. The molecule has 0 saturated carbocycles. The van der Waals surface area contributed by atoms with Gasteiger partial charge >= 0.3 is 6.09 Å². The molecule has 1 aromatic carbocycles. The molecule has 0 bridgehead atoms. The van der Waals surface area contributed by atoms with Crippen LogP contribution in [-0.2, 0) is 16.1 Å². The van der Waals surface area contributed by atoms with Gasteiger partial charge in [0.25, 0.3) is 0 Å². The van der Waals surface area contributed by atoms with Crippen molar-refractivity contribution in [2.45, 2.75) is 60.7 Å². The highest BCUT2D eigenvalue weighted by atomic mass is 16.6. The number of carbonyl (C=O) groups excluding carboxylic acids is 1. The van der Waals surface area contributed by atoms with Gasteiger partial charge in [-0.1, -0.05) is 58.0 Å². The van der Waals surface area contributed by atoms with Gasteiger partial charge in [-0.15, -0.1) is 0 Å². The van der Waals surface area contributed by atoms with Gasteiger partial charge in [-0.25, -0.2) is 4.79 Å². The number of methoxy groups -OCH3 is 1. The first kappa shape index (κ1) is 27.3. The summed E-state index contributed by atoms with van der Waals surface area (Å²) in [7, 11) is 1.70. The molecule has 5 heteroatoms. The Morgan fingerprint density at radius 3 is 1.96 bits per heavy atom. The number of rotatable bonds is 4. The van der Waals surface area contributed by atoms with Crippen molar-refractivity contribution in [2.75, 3.05) is 20.3 Å². The molecule has 0 atom stereocenters. The predicted octanol–water partition coefficient (Wildman–Crippen LogP) is 4.39. The van der Waals surface area contributed by atoms with Crippen molar-refractivity contribution in [3.05, 3.63) is 35.9 Å². The summed E-state index contributed by atoms with van der Waals surface area (Å²) in [4.78, 5) is 10.8. The van der Waals surface area contributed by atoms with Crippen LogP contribution in [0.25, 0.3) is 0 Å². The minimum atomic E-state index is -0.494. The highest BCUT2D eigenvalue weighted by Gasteiger charge is 2.14. The van der Waals surface area contributed by atoms with E-state index in [4.69, 9.17) is 14.6 Å². The van der Waals surface area contributed by atoms with Gasteiger partial charge in [0.15, 0.2) is 0 Å². The van der Waals surface area contributed by atoms with Crippen molar-refractivity contribution in [2.24, 2.45) is 0 Å². The topological polar surface area (TPSA) is 67.8 Å². The molecule has 0 heterocycles. The fourth-order valence-electron chi connectivity index (χ4n) is 1.21. The van der Waals surface area contributed by atoms with E-state index in [1.807, 2.05) is 58.0 Å². The van der Waals surface area contributed by atoms with Gasteiger partial charge in [-0.2, -0.15) is 0 Å². The minimum Gasteiger partial charge on any atom is -0.444 e. The molecule has 0 radical (unpaired) electrons. The summed E-state index contributed by atoms with van der Waals surface area (Å²) in [6.07, 6.45) is -0.494. The lowest BCUT2D eigenvalue weighted by Crippen LogP contribution is -2.33. The predicted molar refractivity (Wildman–Crippen MR) is 101 cm³/mol. The second kappa shape index (κ2) is 19.5. The average molecular weight is 344 g/mol. The first-order valence-corrected chi connectivity index (χ1v) is 8.49. The maximum atomic E-state index is 10.8. The summed E-state index contributed by atoms with van der Waals surface area (Å²) in [5.41, 5.74) is 0.750. The molecule has 24 heavy (non-hydrogen) atoms. The Balaban J connectivity index is -0.000000307. The Morgan fingerprint density at radius 2 is 1.58 bits per heavy atom. The maximum Gasteiger partial charge on any atom is 0.407 e. The van der Waals surface area contributed by atoms with Gasteiger partial charge in [0.2, 0.25) is 0 Å². The quantitative estimate of drug-likeness (QED) is 0.851. The summed E-state index contributed by atoms with van der Waals surface area (Å²) in [5.74, 6) is 0. The Bertz CT molecular complexity index is 361. The smallest absolute Gasteiger partial charge is 0.407 e. The van der Waals surface area contributed by atoms with Crippen LogP contribution in [0.1, 0.15) is 54.0 Å². The second-order valence-electron chi connectivity index (χ2n) is 5.07. The number of carbonyl (C=O) groups is 1. The molecule has 2 N–H and O–H groups in total. The molecule has 0 fully saturated rings. The van der Waals surface area contributed by atoms with E-state index >= 15 is 0 Å². The molecule has 0 aliphatic heterocycles. The molecule has 1 aromatic rings. The van der Waals surface area contributed by atoms with Crippen LogP contribution in [0.15, 0.2) is 30.3 Å². The largest absolute Gasteiger partial charge is 0.444 e. The summed E-state index contributed by atoms with van der Waals surface area (Å²) in [6.45, 7) is 14.2. The number of hydrogen-bond acceptors (Lipinski definition) is 4. The highest BCUT2D eigenvalue weighted by molar-refractivity contribution is 5.67. The van der Waals surface area contributed by atoms with E-state index in [1.165, 1.54) is 5.56 Å². The lowest BCUT2D eigenvalue weighted by Gasteiger charge is -2.19. The van der Waals surface area contributed by atoms with E-state index in [1.54, 1.807) is 27.9 Å². The lowest BCUT2D eigenvalue weighted by atomic mass is 10.2. The summed E-state index contributed by atoms with van der Waals surface area (Å²) < 4.78 is 9.81. The van der Waals surface area contributed by atoms with E-state index in [2.05, 4.69) is 5.32 Å². The van der Waals surface area contributed by atoms with Crippen molar-refractivity contribution >= 4 is 6.09 Å². The molecule has 0 spiro atoms. The molecule has 1 amide bonds. The van der Waals surface area contributed by atoms with E-state index in [0.717, 1.165) is 0 Å². The van der Waals surface area contributed by atoms with Crippen LogP contribution in [-0.4, -0.2) is 37.1 Å². The molecule has 0 saturated heterocycles. The standard InChI is InChI=1S/C8H10O.C7H15NO3.2C2H6/c1-9-7-8-5-3-2-4-6-8;1-7(2,3)11-6(10)8-4-5-9;2*1-2/h2-6H,7H2,1H3;9H,4-5H2,1-3H3,(H,8,10);2*1-2H3. The number of aliphatic hydroxyl groups is 1. The van der Waals surface area contributed by atoms with E-state index in [9.17, 15) is 4.79 Å². The van der Waals surface area contributed by atoms with Crippen molar-refractivity contribution < 1.29 is 19.4 Å². The van der Waals surface area contributed by atoms with Gasteiger partial charge in [0, 0.05) is 13.7 Å². The van der Waals surface area contributed by atoms with E-state index in [0.29, 0.717) is 6.61 Å². The average Bonchev–Trinajstić information content (AvgIpc) is 2.57. The van der Waals surface area contributed by atoms with Gasteiger partial charge in [-0.3, -0.25) is 0 Å². The van der Waals surface area contributed by atoms with Crippen LogP contribution < -0.4 is 5.32 Å². The maximum absolute atomic E-state index is 10.8. The molecule has 142 valence electrons. The third-order valence-electron chi connectivity index (χ3n) is 1.93. The fraction of sp³-hybridized carbons (Fsp3) is 0.632. The zero-order valence-corrected chi connectivity index (χ0v) is 16.7. The van der Waals surface area contributed by atoms with Crippen LogP contribution in [0, 0.1) is 0 Å². The van der Waals surface area contributed by atoms with Gasteiger partial charge < -0.3 is 19.9 Å². The van der Waals surface area contributed by atoms with Crippen molar-refractivity contribution in [1.82, 2.24) is 5.32 Å². The van der Waals surface area contributed by atoms with Gasteiger partial charge in [0.1, 0.15) is 5.60 Å². The Labute approximate surface area is 148 Å². The number of benzene rings is 1. The van der Waals surface area contributed by atoms with Crippen LogP contribution >= 0.6 is 0 Å². The number of alkyl carbamates (subject to hydrolysis) is 1. The lowest BCUT2D eigenvalue weighted by molar-refractivity contribution is 0.0518. The number of hydrogen-bond donors (Lipinski definition) is 2. The molecular formula is C19H37NO4. The third kappa shape index (κ3) is 22.7. The van der Waals surface area contributed by atoms with E-state index < -0.39 is 11.7 Å². The van der Waals surface area contributed by atoms with Gasteiger partial charge in [0.05, 0.1) is 13.2 Å². The van der Waals surface area contributed by atoms with E-state index in [-0.39, 0.29) is 13.2 Å². The zero-order chi connectivity index (χ0) is 19.4. The van der Waals surface area contributed by atoms with Gasteiger partial charge in [-0.05, 0) is 26.3 Å². The molecule has 0 aromatic heterocycles. The fourth-order valence-corrected chi connectivity index (χ4v) is 1.21. The number of nitrogens with one attached hydrogen (secondary N) is 1. The third-order valence-corrected chi connectivity index (χ3v) is 1.93. The first-order chi connectivity index (χ1) is 11.4. The molecule has 1 rings (SSSR count). The molecule has 0 unspecified atom stereocenters. The number of aliphatic hydroxyl groups excluding tert-OH is 1. The minimum absolute atomic E-state index is 0.0702. The molecular weight excluding hydrogens is 306 g/mol. The summed E-state index contributed by atoms with van der Waals surface area (Å²) in [5, 5.41) is 10.7. The second-order valence-corrected chi connectivity index (χ2v) is 5.07. The monoisotopic (exact) mass is 343 g/mol. The number of ether oxygens (including phenoxy) is 2. The van der Waals surface area contributed by atoms with Crippen molar-refractivity contribution in [3.8, 4) is 0 Å². The summed E-state index contributed by atoms with van der Waals surface area (Å²) in [6, 6.07) is 10.1. The van der Waals surface area contributed by atoms with Crippen molar-refractivity contribution in [1.29, 1.82) is 0 Å². The SMILES string of the molecule is CC.CC.CC(C)(C)OC(=O)NCCO.COCc1ccccc1. The molecule has 5 nitrogen and oxygen atoms in total. The highest BCUT2D eigenvalue weighted by Crippen LogP contribution is 2.05. The Morgan fingerprint density at radius 1 is 1.08 bits per heavy atom. The molecule has 0 aliphatic rings. The molecule has 0 aliphatic carbocycles. The first-order valence-electron chi connectivity index (χ1n) is 8.49. The van der Waals surface area contributed by atoms with Crippen LogP contribution in [0.5, 0.6) is 0 Å². The summed E-state index contributed by atoms with van der Waals surface area (Å²) >= 11 is 0. The Kier molecular flexibility index (Phi) is 22.1.